The Morgan fingerprint density at radius 1 is 1.57 bits per heavy atom. The molecule has 0 unspecified atom stereocenters. The number of methoxy groups -OCH3 is 1. The van der Waals surface area contributed by atoms with Crippen LogP contribution in [0.1, 0.15) is 6.92 Å². The van der Waals surface area contributed by atoms with Crippen LogP contribution >= 0.6 is 0 Å². The monoisotopic (exact) mass is 118 g/mol. The van der Waals surface area contributed by atoms with Crippen LogP contribution in [-0.2, 0) is 9.53 Å². The van der Waals surface area contributed by atoms with Crippen molar-refractivity contribution < 1.29 is 15.0 Å². The van der Waals surface area contributed by atoms with E-state index in [-0.39, 0.29) is 34.5 Å². The van der Waals surface area contributed by atoms with Crippen LogP contribution in [0.5, 0.6) is 0 Å². The maximum Gasteiger partial charge on any atom is 0.316 e. The molecule has 0 aromatic carbocycles. The highest BCUT2D eigenvalue weighted by Crippen LogP contribution is 1.60. The van der Waals surface area contributed by atoms with Crippen LogP contribution in [-0.4, -0.2) is 41.6 Å². The van der Waals surface area contributed by atoms with Crippen LogP contribution in [0.3, 0.4) is 0 Å². The first kappa shape index (κ1) is 15.7. The van der Waals surface area contributed by atoms with Gasteiger partial charge in [0.25, 0.3) is 0 Å². The number of ether oxygens (including phenoxy) is 1. The van der Waals surface area contributed by atoms with E-state index in [9.17, 15) is 4.79 Å². The second kappa shape index (κ2) is 9.50. The van der Waals surface area contributed by atoms with E-state index in [1.54, 1.807) is 0 Å². The summed E-state index contributed by atoms with van der Waals surface area (Å²) in [5, 5.41) is 0. The van der Waals surface area contributed by atoms with Gasteiger partial charge in [-0.2, -0.15) is 0 Å². The summed E-state index contributed by atoms with van der Waals surface area (Å²) in [6, 6.07) is 0. The van der Waals surface area contributed by atoms with Gasteiger partial charge in [0.05, 0.1) is 7.11 Å². The van der Waals surface area contributed by atoms with Gasteiger partial charge in [-0.05, 0) is 0 Å². The van der Waals surface area contributed by atoms with Gasteiger partial charge in [-0.3, -0.25) is 4.79 Å². The minimum absolute atomic E-state index is 0. The molecule has 0 amide bonds. The third-order valence-corrected chi connectivity index (χ3v) is 0.287. The molecule has 0 atom stereocenters. The van der Waals surface area contributed by atoms with E-state index in [4.69, 9.17) is 0 Å². The Bertz CT molecular complexity index is 45.4. The van der Waals surface area contributed by atoms with Crippen molar-refractivity contribution >= 4 is 29.0 Å². The van der Waals surface area contributed by atoms with Crippen molar-refractivity contribution in [2.75, 3.05) is 7.11 Å². The first-order valence-corrected chi connectivity index (χ1v) is 1.32. The average molecular weight is 118 g/mol. The van der Waals surface area contributed by atoms with Gasteiger partial charge in [-0.25, -0.2) is 0 Å². The van der Waals surface area contributed by atoms with Crippen molar-refractivity contribution in [3.05, 3.63) is 0 Å². The summed E-state index contributed by atoms with van der Waals surface area (Å²) >= 11 is 0. The maximum atomic E-state index is 9.59. The van der Waals surface area contributed by atoms with E-state index < -0.39 is 0 Å². The van der Waals surface area contributed by atoms with Gasteiger partial charge in [-0.15, -0.1) is 0 Å². The lowest BCUT2D eigenvalue weighted by Crippen LogP contribution is -1.88. The summed E-state index contributed by atoms with van der Waals surface area (Å²) in [5.74, 6) is -0.245. The van der Waals surface area contributed by atoms with Crippen molar-refractivity contribution in [2.45, 2.75) is 6.92 Å². The quantitative estimate of drug-likeness (QED) is 0.285. The maximum absolute atomic E-state index is 9.59. The lowest BCUT2D eigenvalue weighted by Gasteiger charge is -1.80. The fraction of sp³-hybridized carbons (Fsp3) is 0.667. The van der Waals surface area contributed by atoms with E-state index in [1.807, 2.05) is 0 Å². The lowest BCUT2D eigenvalue weighted by molar-refractivity contribution is -0.137. The second-order valence-electron chi connectivity index (χ2n) is 0.696. The smallest absolute Gasteiger partial charge is 0.316 e. The molecule has 3 nitrogen and oxygen atoms in total. The van der Waals surface area contributed by atoms with Gasteiger partial charge in [0.1, 0.15) is 0 Å². The molecule has 0 aromatic rings. The Morgan fingerprint density at radius 2 is 1.71 bits per heavy atom. The van der Waals surface area contributed by atoms with Gasteiger partial charge in [0, 0.05) is 6.92 Å². The standard InChI is InChI=1S/C3H6O2.Mg.H2O.2H/c1-3(4)5-2;;;;/h1-2H3;;1H2;;. The summed E-state index contributed by atoms with van der Waals surface area (Å²) < 4.78 is 4.11. The Hall–Kier alpha value is 0.196. The van der Waals surface area contributed by atoms with E-state index >= 15 is 0 Å². The molecule has 0 bridgehead atoms. The van der Waals surface area contributed by atoms with Gasteiger partial charge in [0.2, 0.25) is 0 Å². The number of esters is 1. The molecule has 0 saturated heterocycles. The highest BCUT2D eigenvalue weighted by Gasteiger charge is 1.75. The highest BCUT2D eigenvalue weighted by molar-refractivity contribution is 5.75. The van der Waals surface area contributed by atoms with Crippen LogP contribution in [0.25, 0.3) is 0 Å². The lowest BCUT2D eigenvalue weighted by atomic mass is 10.8. The van der Waals surface area contributed by atoms with Crippen molar-refractivity contribution in [1.82, 2.24) is 0 Å². The molecule has 0 heterocycles. The summed E-state index contributed by atoms with van der Waals surface area (Å²) in [7, 11) is 1.35. The Kier molecular flexibility index (Phi) is 21.3. The molecule has 0 rings (SSSR count). The molecule has 0 aliphatic rings. The molecule has 0 fully saturated rings. The summed E-state index contributed by atoms with van der Waals surface area (Å²) in [6.07, 6.45) is 0. The third kappa shape index (κ3) is 22.6. The molecule has 42 valence electrons. The number of carbonyl (C=O) groups excluding carboxylic acids is 1. The molecular formula is C3H10MgO3. The highest BCUT2D eigenvalue weighted by atomic mass is 24.3. The SMILES string of the molecule is COC(C)=O.O.[MgH2]. The van der Waals surface area contributed by atoms with Gasteiger partial charge >= 0.3 is 29.0 Å². The van der Waals surface area contributed by atoms with Crippen LogP contribution in [0.2, 0.25) is 0 Å². The fourth-order valence-corrected chi connectivity index (χ4v) is 0. The number of hydrogen-bond donors (Lipinski definition) is 0. The van der Waals surface area contributed by atoms with Crippen molar-refractivity contribution in [3.8, 4) is 0 Å². The van der Waals surface area contributed by atoms with Crippen LogP contribution in [0.4, 0.5) is 0 Å². The Balaban J connectivity index is -0.0000000800. The normalized spacial score (nSPS) is 4.86. The third-order valence-electron chi connectivity index (χ3n) is 0.287. The van der Waals surface area contributed by atoms with Gasteiger partial charge in [-0.1, -0.05) is 0 Å². The minimum atomic E-state index is -0.245. The van der Waals surface area contributed by atoms with E-state index in [1.165, 1.54) is 14.0 Å². The fourth-order valence-electron chi connectivity index (χ4n) is 0. The molecule has 0 saturated carbocycles. The van der Waals surface area contributed by atoms with Crippen molar-refractivity contribution in [1.29, 1.82) is 0 Å². The van der Waals surface area contributed by atoms with E-state index in [0.29, 0.717) is 0 Å². The van der Waals surface area contributed by atoms with Crippen LogP contribution in [0, 0.1) is 0 Å². The van der Waals surface area contributed by atoms with Crippen molar-refractivity contribution in [2.24, 2.45) is 0 Å². The molecule has 0 aliphatic heterocycles. The molecular weight excluding hydrogens is 108 g/mol. The first-order valence-electron chi connectivity index (χ1n) is 1.32. The van der Waals surface area contributed by atoms with E-state index in [2.05, 4.69) is 4.74 Å². The van der Waals surface area contributed by atoms with Gasteiger partial charge < -0.3 is 10.2 Å². The molecule has 7 heavy (non-hydrogen) atoms. The number of rotatable bonds is 0. The Labute approximate surface area is 58.5 Å². The predicted octanol–water partition coefficient (Wildman–Crippen LogP) is -1.56. The van der Waals surface area contributed by atoms with Gasteiger partial charge in [0.15, 0.2) is 0 Å². The first-order chi connectivity index (χ1) is 2.27. The molecule has 4 heteroatoms. The minimum Gasteiger partial charge on any atom is -0.469 e. The van der Waals surface area contributed by atoms with E-state index in [0.717, 1.165) is 0 Å². The zero-order valence-electron chi connectivity index (χ0n) is 3.82. The van der Waals surface area contributed by atoms with Crippen molar-refractivity contribution in [3.63, 3.8) is 0 Å². The van der Waals surface area contributed by atoms with Crippen LogP contribution in [0.15, 0.2) is 0 Å². The predicted molar refractivity (Wildman–Crippen MR) is 29.8 cm³/mol. The number of hydrogen-bond acceptors (Lipinski definition) is 2. The largest absolute Gasteiger partial charge is 0.469 e. The Morgan fingerprint density at radius 3 is 1.71 bits per heavy atom. The second-order valence-corrected chi connectivity index (χ2v) is 0.696. The summed E-state index contributed by atoms with van der Waals surface area (Å²) in [5.41, 5.74) is 0. The summed E-state index contributed by atoms with van der Waals surface area (Å²) in [4.78, 5) is 9.59. The topological polar surface area (TPSA) is 57.8 Å². The molecule has 0 spiro atoms. The average Bonchev–Trinajstić information content (AvgIpc) is 1.38. The number of carbonyl (C=O) groups is 1. The summed E-state index contributed by atoms with van der Waals surface area (Å²) in [6.45, 7) is 1.36. The zero-order valence-corrected chi connectivity index (χ0v) is 3.82. The molecule has 0 radical (unpaired) electrons. The molecule has 2 N–H and O–H groups in total. The molecule has 0 aromatic heterocycles. The zero-order chi connectivity index (χ0) is 4.28. The van der Waals surface area contributed by atoms with Crippen LogP contribution < -0.4 is 0 Å². The molecule has 0 aliphatic carbocycles.